The van der Waals surface area contributed by atoms with Gasteiger partial charge >= 0.3 is 0 Å². The van der Waals surface area contributed by atoms with Crippen LogP contribution in [0.25, 0.3) is 10.5 Å². The van der Waals surface area contributed by atoms with Crippen LogP contribution in [0.1, 0.15) is 16.7 Å². The first kappa shape index (κ1) is 28.7. The first-order valence-electron chi connectivity index (χ1n) is 11.7. The van der Waals surface area contributed by atoms with Crippen LogP contribution in [0.15, 0.2) is 91.0 Å². The minimum absolute atomic E-state index is 0.484. The molecule has 1 aliphatic heterocycles. The number of alkyl halides is 2. The molecule has 200 valence electrons. The van der Waals surface area contributed by atoms with Crippen LogP contribution >= 0.6 is 34.0 Å². The maximum absolute atomic E-state index is 11.8. The molecule has 3 aromatic carbocycles. The molecule has 1 atom stereocenters. The molecule has 0 bridgehead atoms. The third-order valence-corrected chi connectivity index (χ3v) is 8.79. The molecule has 38 heavy (non-hydrogen) atoms. The number of anilines is 1. The number of halogens is 3. The van der Waals surface area contributed by atoms with Gasteiger partial charge in [0.1, 0.15) is 20.3 Å². The molecule has 0 saturated heterocycles. The Balaban J connectivity index is 1.86. The van der Waals surface area contributed by atoms with Gasteiger partial charge in [-0.1, -0.05) is 54.6 Å². The molecule has 1 unspecified atom stereocenters. The van der Waals surface area contributed by atoms with Gasteiger partial charge in [-0.25, -0.2) is 0 Å². The predicted molar refractivity (Wildman–Crippen MR) is 148 cm³/mol. The minimum atomic E-state index is -4.70. The summed E-state index contributed by atoms with van der Waals surface area (Å²) in [5, 5.41) is 0. The molecule has 3 aromatic rings. The van der Waals surface area contributed by atoms with Gasteiger partial charge in [-0.15, -0.1) is 23.2 Å². The van der Waals surface area contributed by atoms with Crippen LogP contribution in [0.5, 0.6) is 5.75 Å². The average molecular weight is 595 g/mol. The summed E-state index contributed by atoms with van der Waals surface area (Å²) in [6.07, 6.45) is 3.73. The van der Waals surface area contributed by atoms with E-state index in [-0.39, 0.29) is 0 Å². The quantitative estimate of drug-likeness (QED) is 0.248. The van der Waals surface area contributed by atoms with Crippen LogP contribution in [0.2, 0.25) is 0 Å². The highest BCUT2D eigenvalue weighted by atomic mass is 35.7. The summed E-state index contributed by atoms with van der Waals surface area (Å²) in [6, 6.07) is 24.5. The number of ether oxygens (including phenoxy) is 1. The van der Waals surface area contributed by atoms with E-state index in [4.69, 9.17) is 31.7 Å². The second kappa shape index (κ2) is 13.2. The predicted octanol–water partition coefficient (Wildman–Crippen LogP) is 3.74. The maximum Gasteiger partial charge on any atom is 0.148 e. The molecule has 0 aliphatic carbocycles. The summed E-state index contributed by atoms with van der Waals surface area (Å²) in [7, 11) is -4.63. The van der Waals surface area contributed by atoms with E-state index in [1.54, 1.807) is 19.2 Å². The van der Waals surface area contributed by atoms with Gasteiger partial charge in [0.15, 0.2) is 0 Å². The van der Waals surface area contributed by atoms with Crippen molar-refractivity contribution in [3.05, 3.63) is 108 Å². The van der Waals surface area contributed by atoms with E-state index in [0.29, 0.717) is 45.9 Å². The lowest BCUT2D eigenvalue weighted by Crippen LogP contribution is -2.60. The highest BCUT2D eigenvalue weighted by Crippen LogP contribution is 2.45. The van der Waals surface area contributed by atoms with Crippen LogP contribution < -0.4 is 23.6 Å². The monoisotopic (exact) mass is 593 g/mol. The Hall–Kier alpha value is -2.33. The summed E-state index contributed by atoms with van der Waals surface area (Å²) >= 11 is 11.9. The van der Waals surface area contributed by atoms with E-state index in [9.17, 15) is 14.0 Å². The topological polar surface area (TPSA) is 90.9 Å². The molecular weight excluding hydrogens is 569 g/mol. The van der Waals surface area contributed by atoms with Gasteiger partial charge < -0.3 is 9.64 Å². The van der Waals surface area contributed by atoms with Gasteiger partial charge in [0.25, 0.3) is 0 Å². The second-order valence-corrected chi connectivity index (χ2v) is 11.6. The summed E-state index contributed by atoms with van der Waals surface area (Å²) in [5.74, 6) is 1.62. The molecule has 10 heteroatoms. The van der Waals surface area contributed by atoms with Crippen molar-refractivity contribution < 1.29 is 32.7 Å². The van der Waals surface area contributed by atoms with E-state index in [2.05, 4.69) is 4.90 Å². The van der Waals surface area contributed by atoms with Gasteiger partial charge in [0.05, 0.1) is 27.1 Å². The largest absolute Gasteiger partial charge is 0.497 e. The van der Waals surface area contributed by atoms with Gasteiger partial charge in [0.2, 0.25) is 0 Å². The molecule has 0 saturated carbocycles. The third kappa shape index (κ3) is 7.20. The molecule has 0 aromatic heterocycles. The van der Waals surface area contributed by atoms with Crippen LogP contribution in [-0.4, -0.2) is 36.8 Å². The zero-order chi connectivity index (χ0) is 27.1. The van der Waals surface area contributed by atoms with E-state index in [0.717, 1.165) is 22.4 Å². The van der Waals surface area contributed by atoms with E-state index in [1.807, 2.05) is 78.9 Å². The smallest absolute Gasteiger partial charge is 0.148 e. The summed E-state index contributed by atoms with van der Waals surface area (Å²) < 4.78 is 45.9. The zero-order valence-corrected chi connectivity index (χ0v) is 23.6. The molecule has 0 spiro atoms. The first-order chi connectivity index (χ1) is 18.3. The number of rotatable bonds is 11. The fraction of sp³-hybridized carbons (Fsp3) is 0.179. The Morgan fingerprint density at radius 3 is 1.92 bits per heavy atom. The fourth-order valence-electron chi connectivity index (χ4n) is 4.04. The maximum atomic E-state index is 11.8. The average Bonchev–Trinajstić information content (AvgIpc) is 2.93. The van der Waals surface area contributed by atoms with Gasteiger partial charge in [-0.2, -0.15) is 14.0 Å². The molecule has 0 radical (unpaired) electrons. The van der Waals surface area contributed by atoms with Gasteiger partial charge in [-0.05, 0) is 58.7 Å². The SMILES string of the molecule is COc1ccc(C2=S(O[Cl+3]([O-])([O-])[O-])C(c3ccccc3)=CC(c3ccc(N(CCCl)CCCl)cc3)=C2)cc1. The Labute approximate surface area is 237 Å². The van der Waals surface area contributed by atoms with Crippen molar-refractivity contribution in [3.63, 3.8) is 0 Å². The van der Waals surface area contributed by atoms with E-state index in [1.165, 1.54) is 0 Å². The molecule has 0 fully saturated rings. The molecular formula is C28H26Cl3NO5S. The van der Waals surface area contributed by atoms with Crippen molar-refractivity contribution in [3.8, 4) is 5.75 Å². The summed E-state index contributed by atoms with van der Waals surface area (Å²) in [6.45, 7) is 1.35. The zero-order valence-electron chi connectivity index (χ0n) is 20.5. The molecule has 1 heterocycles. The lowest BCUT2D eigenvalue weighted by atomic mass is 10.00. The Bertz CT molecular complexity index is 1320. The molecule has 0 amide bonds. The number of methoxy groups -OCH3 is 1. The summed E-state index contributed by atoms with van der Waals surface area (Å²) in [4.78, 5) is 3.25. The normalized spacial score (nSPS) is 15.6. The third-order valence-electron chi connectivity index (χ3n) is 5.82. The number of nitrogens with zero attached hydrogens (tertiary/aromatic N) is 1. The Morgan fingerprint density at radius 2 is 1.37 bits per heavy atom. The number of allylic oxidation sites excluding steroid dienone is 3. The number of hydrogen-bond donors (Lipinski definition) is 0. The highest BCUT2D eigenvalue weighted by Gasteiger charge is 2.31. The van der Waals surface area contributed by atoms with Crippen molar-refractivity contribution >= 4 is 55.0 Å². The lowest BCUT2D eigenvalue weighted by molar-refractivity contribution is -1.91. The molecule has 1 aliphatic rings. The molecule has 4 rings (SSSR count). The summed E-state index contributed by atoms with van der Waals surface area (Å²) in [5.41, 5.74) is 4.21. The van der Waals surface area contributed by atoms with Crippen LogP contribution in [0.3, 0.4) is 0 Å². The lowest BCUT2D eigenvalue weighted by Gasteiger charge is -2.24. The van der Waals surface area contributed by atoms with Gasteiger partial charge in [0, 0.05) is 30.5 Å². The highest BCUT2D eigenvalue weighted by molar-refractivity contribution is 8.20. The van der Waals surface area contributed by atoms with Crippen molar-refractivity contribution in [2.45, 2.75) is 0 Å². The number of hydrogen-bond acceptors (Lipinski definition) is 6. The van der Waals surface area contributed by atoms with Crippen LogP contribution in [-0.2, 0) is 3.74 Å². The minimum Gasteiger partial charge on any atom is -0.497 e. The van der Waals surface area contributed by atoms with Crippen molar-refractivity contribution in [2.75, 3.05) is 36.9 Å². The van der Waals surface area contributed by atoms with Crippen molar-refractivity contribution in [2.24, 2.45) is 0 Å². The number of benzene rings is 3. The first-order valence-corrected chi connectivity index (χ1v) is 15.1. The standard InChI is InChI=1S/C28H26Cl3NO5S/c1-36-26-13-9-23(10-14-26)28-20-24(21-7-11-25(12-8-21)32(17-15-29)18-16-30)19-27(22-5-3-2-4-6-22)38(28)37-31(33,34)35/h2-14,19-20H,15-18H2,1H3. The fourth-order valence-corrected chi connectivity index (χ4v) is 7.01. The van der Waals surface area contributed by atoms with Crippen molar-refractivity contribution in [1.29, 1.82) is 0 Å². The van der Waals surface area contributed by atoms with Crippen LogP contribution in [0, 0.1) is 10.2 Å². The second-order valence-electron chi connectivity index (χ2n) is 8.19. The van der Waals surface area contributed by atoms with Crippen molar-refractivity contribution in [1.82, 2.24) is 0 Å². The van der Waals surface area contributed by atoms with E-state index >= 15 is 0 Å². The Kier molecular flexibility index (Phi) is 9.92. The van der Waals surface area contributed by atoms with E-state index < -0.39 is 21.0 Å². The molecule has 0 N–H and O–H groups in total. The van der Waals surface area contributed by atoms with Crippen LogP contribution in [0.4, 0.5) is 5.69 Å². The molecule has 6 nitrogen and oxygen atoms in total. The Morgan fingerprint density at radius 1 is 0.763 bits per heavy atom. The van der Waals surface area contributed by atoms with Gasteiger partial charge in [-0.3, -0.25) is 0 Å².